The molecule has 0 atom stereocenters. The number of benzene rings is 7. The molecule has 3 heterocycles. The minimum absolute atomic E-state index is 0.520. The van der Waals surface area contributed by atoms with E-state index >= 15 is 0 Å². The minimum atomic E-state index is -0.520. The molecule has 2 aromatic heterocycles. The van der Waals surface area contributed by atoms with Crippen LogP contribution in [0.15, 0.2) is 174 Å². The molecule has 0 fully saturated rings. The van der Waals surface area contributed by atoms with Crippen LogP contribution in [0.3, 0.4) is 0 Å². The van der Waals surface area contributed by atoms with Crippen molar-refractivity contribution >= 4 is 44.0 Å². The summed E-state index contributed by atoms with van der Waals surface area (Å²) >= 11 is 1.80. The summed E-state index contributed by atoms with van der Waals surface area (Å²) in [4.78, 5) is 2.40. The van der Waals surface area contributed by atoms with Gasteiger partial charge >= 0.3 is 0 Å². The van der Waals surface area contributed by atoms with Gasteiger partial charge in [0.2, 0.25) is 0 Å². The molecule has 0 radical (unpaired) electrons. The Morgan fingerprint density at radius 1 is 0.458 bits per heavy atom. The Morgan fingerprint density at radius 3 is 1.92 bits per heavy atom. The molecule has 1 aliphatic heterocycles. The largest absolute Gasteiger partial charge is 0.457 e. The summed E-state index contributed by atoms with van der Waals surface area (Å²) < 4.78 is 13.1. The van der Waals surface area contributed by atoms with Crippen molar-refractivity contribution < 1.29 is 9.15 Å². The maximum absolute atomic E-state index is 6.75. The second-order valence-corrected chi connectivity index (χ2v) is 13.5. The maximum atomic E-state index is 6.75. The Balaban J connectivity index is 1.13. The molecule has 0 bridgehead atoms. The van der Waals surface area contributed by atoms with Gasteiger partial charge in [0.25, 0.3) is 0 Å². The van der Waals surface area contributed by atoms with Gasteiger partial charge in [-0.15, -0.1) is 11.3 Å². The van der Waals surface area contributed by atoms with Crippen LogP contribution in [0.5, 0.6) is 11.5 Å². The molecule has 0 unspecified atom stereocenters. The number of ether oxygens (including phenoxy) is 1. The third-order valence-corrected chi connectivity index (χ3v) is 11.0. The Kier molecular flexibility index (Phi) is 5.99. The molecule has 7 aromatic carbocycles. The molecule has 226 valence electrons. The minimum Gasteiger partial charge on any atom is -0.457 e. The highest BCUT2D eigenvalue weighted by molar-refractivity contribution is 7.19. The maximum Gasteiger partial charge on any atom is 0.136 e. The van der Waals surface area contributed by atoms with Gasteiger partial charge in [0, 0.05) is 37.2 Å². The van der Waals surface area contributed by atoms with Gasteiger partial charge in [-0.2, -0.15) is 0 Å². The highest BCUT2D eigenvalue weighted by Gasteiger charge is 2.45. The third kappa shape index (κ3) is 3.98. The number of rotatable bonds is 4. The number of hydrogen-bond acceptors (Lipinski definition) is 3. The van der Waals surface area contributed by atoms with Gasteiger partial charge in [-0.3, -0.25) is 0 Å². The Bertz CT molecular complexity index is 2610. The van der Waals surface area contributed by atoms with E-state index in [0.29, 0.717) is 0 Å². The van der Waals surface area contributed by atoms with Crippen molar-refractivity contribution in [1.29, 1.82) is 0 Å². The molecular weight excluding hydrogens is 605 g/mol. The van der Waals surface area contributed by atoms with E-state index in [1.54, 1.807) is 11.3 Å². The zero-order valence-electron chi connectivity index (χ0n) is 25.9. The quantitative estimate of drug-likeness (QED) is 0.193. The molecule has 9 aromatic rings. The Morgan fingerprint density at radius 2 is 1.12 bits per heavy atom. The lowest BCUT2D eigenvalue weighted by molar-refractivity contribution is 0.435. The first-order valence-electron chi connectivity index (χ1n) is 16.2. The fourth-order valence-electron chi connectivity index (χ4n) is 7.72. The zero-order valence-corrected chi connectivity index (χ0v) is 26.7. The molecule has 0 saturated heterocycles. The smallest absolute Gasteiger partial charge is 0.136 e. The van der Waals surface area contributed by atoms with E-state index in [1.807, 2.05) is 0 Å². The first-order valence-corrected chi connectivity index (χ1v) is 17.1. The summed E-state index contributed by atoms with van der Waals surface area (Å²) in [5, 5.41) is 4.71. The second kappa shape index (κ2) is 10.6. The summed E-state index contributed by atoms with van der Waals surface area (Å²) in [6.45, 7) is 0. The van der Waals surface area contributed by atoms with Gasteiger partial charge in [0.15, 0.2) is 0 Å². The van der Waals surface area contributed by atoms with E-state index in [0.717, 1.165) is 50.1 Å². The van der Waals surface area contributed by atoms with Crippen LogP contribution < -0.4 is 4.74 Å². The molecule has 0 N–H and O–H groups in total. The van der Waals surface area contributed by atoms with E-state index in [1.165, 1.54) is 37.2 Å². The predicted octanol–water partition coefficient (Wildman–Crippen LogP) is 12.6. The van der Waals surface area contributed by atoms with E-state index in [4.69, 9.17) is 9.15 Å². The van der Waals surface area contributed by atoms with Gasteiger partial charge < -0.3 is 9.15 Å². The fourth-order valence-corrected chi connectivity index (χ4v) is 8.75. The second-order valence-electron chi connectivity index (χ2n) is 12.4. The van der Waals surface area contributed by atoms with E-state index in [-0.39, 0.29) is 0 Å². The van der Waals surface area contributed by atoms with Gasteiger partial charge in [-0.1, -0.05) is 127 Å². The topological polar surface area (TPSA) is 22.4 Å². The number of para-hydroxylation sites is 1. The van der Waals surface area contributed by atoms with E-state index in [9.17, 15) is 0 Å². The number of furan rings is 1. The Hall–Kier alpha value is -5.90. The lowest BCUT2D eigenvalue weighted by atomic mass is 9.63. The molecule has 2 nitrogen and oxygen atoms in total. The molecule has 3 heteroatoms. The van der Waals surface area contributed by atoms with Crippen LogP contribution in [-0.4, -0.2) is 0 Å². The summed E-state index contributed by atoms with van der Waals surface area (Å²) in [5.41, 5.74) is 8.35. The highest BCUT2D eigenvalue weighted by Crippen LogP contribution is 2.56. The summed E-state index contributed by atoms with van der Waals surface area (Å²) in [7, 11) is 0. The average molecular weight is 633 g/mol. The van der Waals surface area contributed by atoms with Gasteiger partial charge in [-0.25, -0.2) is 0 Å². The molecular formula is C45H28O2S. The first-order chi connectivity index (χ1) is 23.8. The predicted molar refractivity (Wildman–Crippen MR) is 198 cm³/mol. The summed E-state index contributed by atoms with van der Waals surface area (Å²) in [6.07, 6.45) is 0. The molecule has 0 saturated carbocycles. The van der Waals surface area contributed by atoms with Gasteiger partial charge in [0.1, 0.15) is 22.7 Å². The molecule has 48 heavy (non-hydrogen) atoms. The zero-order chi connectivity index (χ0) is 31.7. The normalized spacial score (nSPS) is 13.3. The van der Waals surface area contributed by atoms with E-state index in [2.05, 4.69) is 170 Å². The molecule has 0 aliphatic carbocycles. The van der Waals surface area contributed by atoms with Crippen LogP contribution in [0.4, 0.5) is 0 Å². The van der Waals surface area contributed by atoms with Crippen molar-refractivity contribution in [3.63, 3.8) is 0 Å². The first kappa shape index (κ1) is 27.2. The van der Waals surface area contributed by atoms with E-state index < -0.39 is 5.41 Å². The lowest BCUT2D eigenvalue weighted by Gasteiger charge is -2.41. The third-order valence-electron chi connectivity index (χ3n) is 9.83. The van der Waals surface area contributed by atoms with Crippen LogP contribution in [0.2, 0.25) is 0 Å². The summed E-state index contributed by atoms with van der Waals surface area (Å²) in [6, 6.07) is 60.6. The van der Waals surface area contributed by atoms with Crippen molar-refractivity contribution in [2.24, 2.45) is 0 Å². The van der Waals surface area contributed by atoms with Crippen molar-refractivity contribution in [2.75, 3.05) is 0 Å². The van der Waals surface area contributed by atoms with Gasteiger partial charge in [-0.05, 0) is 69.9 Å². The molecule has 10 rings (SSSR count). The standard InChI is InChI=1S/C45H28O2S/c1-3-14-32(15-4-1)45(33-16-5-2-6-17-33)36-19-9-10-20-38(36)46-41-28-31(22-23-37(41)45)42-24-25-43(48-42)34-18-11-21-39-44(34)35-26-29-12-7-8-13-30(29)27-40(35)47-39/h1-28H. The SMILES string of the molecule is c1ccc(C2(c3ccccc3)c3ccccc3Oc3cc(-c4ccc(-c5cccc6oc7cc8ccccc8cc7c56)s4)ccc32)cc1. The van der Waals surface area contributed by atoms with Crippen LogP contribution in [0.25, 0.3) is 53.6 Å². The summed E-state index contributed by atoms with van der Waals surface area (Å²) in [5.74, 6) is 1.76. The average Bonchev–Trinajstić information content (AvgIpc) is 3.79. The van der Waals surface area contributed by atoms with Crippen molar-refractivity contribution in [2.45, 2.75) is 5.41 Å². The van der Waals surface area contributed by atoms with Crippen LogP contribution >= 0.6 is 11.3 Å². The van der Waals surface area contributed by atoms with Crippen LogP contribution in [0.1, 0.15) is 22.3 Å². The van der Waals surface area contributed by atoms with Crippen molar-refractivity contribution in [1.82, 2.24) is 0 Å². The molecule has 0 amide bonds. The van der Waals surface area contributed by atoms with Crippen LogP contribution in [-0.2, 0) is 5.41 Å². The molecule has 1 aliphatic rings. The lowest BCUT2D eigenvalue weighted by Crippen LogP contribution is -2.34. The highest BCUT2D eigenvalue weighted by atomic mass is 32.1. The number of thiophene rings is 1. The van der Waals surface area contributed by atoms with Crippen molar-refractivity contribution in [3.05, 3.63) is 192 Å². The van der Waals surface area contributed by atoms with Crippen LogP contribution in [0, 0.1) is 0 Å². The Labute approximate surface area is 282 Å². The monoisotopic (exact) mass is 632 g/mol. The van der Waals surface area contributed by atoms with Gasteiger partial charge in [0.05, 0.1) is 5.41 Å². The van der Waals surface area contributed by atoms with Crippen molar-refractivity contribution in [3.8, 4) is 32.4 Å². The molecule has 0 spiro atoms. The number of fused-ring (bicyclic) bond motifs is 6. The number of hydrogen-bond donors (Lipinski definition) is 0. The fraction of sp³-hybridized carbons (Fsp3) is 0.0222.